The van der Waals surface area contributed by atoms with Crippen LogP contribution in [0.25, 0.3) is 0 Å². The Hall–Kier alpha value is -1.44. The SMILES string of the molecule is CC1=CC(C)=C(N2CCN(C3=C(C)C=C(C)C(C)C3C)C2C)C(C)C1. The van der Waals surface area contributed by atoms with Crippen molar-refractivity contribution in [2.24, 2.45) is 17.8 Å². The van der Waals surface area contributed by atoms with Crippen molar-refractivity contribution in [3.8, 4) is 0 Å². The van der Waals surface area contributed by atoms with Gasteiger partial charge in [-0.3, -0.25) is 0 Å². The molecule has 2 nitrogen and oxygen atoms in total. The van der Waals surface area contributed by atoms with Crippen LogP contribution >= 0.6 is 0 Å². The van der Waals surface area contributed by atoms with Crippen molar-refractivity contribution in [2.45, 2.75) is 68.0 Å². The van der Waals surface area contributed by atoms with Crippen LogP contribution in [0.3, 0.4) is 0 Å². The van der Waals surface area contributed by atoms with E-state index in [4.69, 9.17) is 0 Å². The summed E-state index contributed by atoms with van der Waals surface area (Å²) in [6.07, 6.45) is 6.46. The molecule has 4 atom stereocenters. The standard InChI is InChI=1S/C23H36N2/c1-14-11-16(3)22(17(4)12-14)24-9-10-25(21(24)8)23-18(5)13-15(2)19(6)20(23)7/h11,13,17,19-21H,9-10,12H2,1-8H3. The van der Waals surface area contributed by atoms with Crippen LogP contribution < -0.4 is 0 Å². The van der Waals surface area contributed by atoms with Crippen LogP contribution in [0, 0.1) is 17.8 Å². The summed E-state index contributed by atoms with van der Waals surface area (Å²) in [5.74, 6) is 1.88. The van der Waals surface area contributed by atoms with Gasteiger partial charge in [-0.2, -0.15) is 0 Å². The van der Waals surface area contributed by atoms with Crippen molar-refractivity contribution >= 4 is 0 Å². The molecule has 0 amide bonds. The lowest BCUT2D eigenvalue weighted by Gasteiger charge is -2.41. The number of rotatable bonds is 2. The first-order valence-corrected chi connectivity index (χ1v) is 10.0. The topological polar surface area (TPSA) is 6.48 Å². The highest BCUT2D eigenvalue weighted by Gasteiger charge is 2.37. The molecule has 0 aromatic rings. The second-order valence-corrected chi connectivity index (χ2v) is 8.72. The van der Waals surface area contributed by atoms with Gasteiger partial charge in [-0.15, -0.1) is 0 Å². The van der Waals surface area contributed by atoms with Gasteiger partial charge in [0.2, 0.25) is 0 Å². The Bertz CT molecular complexity index is 676. The van der Waals surface area contributed by atoms with Gasteiger partial charge in [0.1, 0.15) is 0 Å². The molecule has 1 saturated heterocycles. The van der Waals surface area contributed by atoms with Gasteiger partial charge >= 0.3 is 0 Å². The molecule has 3 rings (SSSR count). The van der Waals surface area contributed by atoms with Gasteiger partial charge in [-0.05, 0) is 58.1 Å². The molecule has 2 heteroatoms. The fourth-order valence-corrected chi connectivity index (χ4v) is 5.41. The second-order valence-electron chi connectivity index (χ2n) is 8.72. The first kappa shape index (κ1) is 18.4. The van der Waals surface area contributed by atoms with E-state index < -0.39 is 0 Å². The third-order valence-electron chi connectivity index (χ3n) is 6.81. The molecule has 0 spiro atoms. The molecule has 1 heterocycles. The van der Waals surface area contributed by atoms with E-state index >= 15 is 0 Å². The molecular weight excluding hydrogens is 304 g/mol. The number of hydrogen-bond donors (Lipinski definition) is 0. The average molecular weight is 341 g/mol. The lowest BCUT2D eigenvalue weighted by atomic mass is 9.80. The quantitative estimate of drug-likeness (QED) is 0.634. The van der Waals surface area contributed by atoms with Crippen LogP contribution in [-0.2, 0) is 0 Å². The van der Waals surface area contributed by atoms with E-state index in [1.807, 2.05) is 0 Å². The van der Waals surface area contributed by atoms with Crippen LogP contribution in [0.5, 0.6) is 0 Å². The fourth-order valence-electron chi connectivity index (χ4n) is 5.41. The summed E-state index contributed by atoms with van der Waals surface area (Å²) in [4.78, 5) is 5.35. The molecular formula is C23H36N2. The van der Waals surface area contributed by atoms with E-state index in [1.165, 1.54) is 28.7 Å². The summed E-state index contributed by atoms with van der Waals surface area (Å²) in [7, 11) is 0. The Balaban J connectivity index is 1.92. The van der Waals surface area contributed by atoms with Gasteiger partial charge in [0.15, 0.2) is 0 Å². The van der Waals surface area contributed by atoms with E-state index in [-0.39, 0.29) is 0 Å². The molecule has 25 heavy (non-hydrogen) atoms. The summed E-state index contributed by atoms with van der Waals surface area (Å²) in [6, 6.07) is 0. The van der Waals surface area contributed by atoms with Gasteiger partial charge in [0, 0.05) is 36.3 Å². The molecule has 0 aromatic heterocycles. The summed E-state index contributed by atoms with van der Waals surface area (Å²) >= 11 is 0. The van der Waals surface area contributed by atoms with E-state index in [0.29, 0.717) is 23.9 Å². The lowest BCUT2D eigenvalue weighted by molar-refractivity contribution is 0.181. The second kappa shape index (κ2) is 6.70. The first-order chi connectivity index (χ1) is 11.7. The Morgan fingerprint density at radius 3 is 1.92 bits per heavy atom. The molecule has 0 aromatic carbocycles. The number of allylic oxidation sites excluding steroid dienone is 8. The minimum Gasteiger partial charge on any atom is -0.353 e. The lowest BCUT2D eigenvalue weighted by Crippen LogP contribution is -2.40. The van der Waals surface area contributed by atoms with Crippen LogP contribution in [-0.4, -0.2) is 29.1 Å². The van der Waals surface area contributed by atoms with Gasteiger partial charge in [0.05, 0.1) is 6.17 Å². The van der Waals surface area contributed by atoms with E-state index in [1.54, 1.807) is 11.4 Å². The fraction of sp³-hybridized carbons (Fsp3) is 0.652. The summed E-state index contributed by atoms with van der Waals surface area (Å²) < 4.78 is 0. The minimum absolute atomic E-state index is 0.450. The van der Waals surface area contributed by atoms with Crippen LogP contribution in [0.4, 0.5) is 0 Å². The van der Waals surface area contributed by atoms with Crippen LogP contribution in [0.2, 0.25) is 0 Å². The molecule has 1 aliphatic heterocycles. The van der Waals surface area contributed by atoms with Crippen LogP contribution in [0.15, 0.2) is 45.8 Å². The third-order valence-corrected chi connectivity index (χ3v) is 6.81. The predicted molar refractivity (Wildman–Crippen MR) is 108 cm³/mol. The molecule has 1 fully saturated rings. The molecule has 0 saturated carbocycles. The van der Waals surface area contributed by atoms with E-state index in [2.05, 4.69) is 77.3 Å². The Kier molecular flexibility index (Phi) is 4.92. The van der Waals surface area contributed by atoms with Crippen LogP contribution in [0.1, 0.15) is 61.8 Å². The largest absolute Gasteiger partial charge is 0.353 e. The summed E-state index contributed by atoms with van der Waals surface area (Å²) in [5.41, 5.74) is 9.12. The average Bonchev–Trinajstić information content (AvgIpc) is 2.86. The van der Waals surface area contributed by atoms with Gasteiger partial charge < -0.3 is 9.80 Å². The molecule has 138 valence electrons. The first-order valence-electron chi connectivity index (χ1n) is 10.0. The van der Waals surface area contributed by atoms with E-state index in [9.17, 15) is 0 Å². The monoisotopic (exact) mass is 340 g/mol. The number of nitrogens with zero attached hydrogens (tertiary/aromatic N) is 2. The molecule has 4 unspecified atom stereocenters. The van der Waals surface area contributed by atoms with Crippen molar-refractivity contribution in [3.63, 3.8) is 0 Å². The molecule has 0 radical (unpaired) electrons. The molecule has 3 aliphatic rings. The van der Waals surface area contributed by atoms with Gasteiger partial charge in [-0.25, -0.2) is 0 Å². The molecule has 0 N–H and O–H groups in total. The Morgan fingerprint density at radius 2 is 1.32 bits per heavy atom. The van der Waals surface area contributed by atoms with Crippen molar-refractivity contribution in [3.05, 3.63) is 45.8 Å². The van der Waals surface area contributed by atoms with Crippen molar-refractivity contribution in [2.75, 3.05) is 13.1 Å². The maximum atomic E-state index is 2.68. The highest BCUT2D eigenvalue weighted by molar-refractivity contribution is 5.36. The molecule has 2 aliphatic carbocycles. The van der Waals surface area contributed by atoms with Gasteiger partial charge in [-0.1, -0.05) is 44.1 Å². The van der Waals surface area contributed by atoms with Crippen molar-refractivity contribution < 1.29 is 0 Å². The maximum absolute atomic E-state index is 2.68. The van der Waals surface area contributed by atoms with Crippen molar-refractivity contribution in [1.82, 2.24) is 9.80 Å². The Morgan fingerprint density at radius 1 is 0.760 bits per heavy atom. The van der Waals surface area contributed by atoms with Gasteiger partial charge in [0.25, 0.3) is 0 Å². The Labute approximate surface area is 155 Å². The smallest absolute Gasteiger partial charge is 0.0983 e. The zero-order valence-electron chi connectivity index (χ0n) is 17.5. The highest BCUT2D eigenvalue weighted by Crippen LogP contribution is 2.41. The van der Waals surface area contributed by atoms with E-state index in [0.717, 1.165) is 13.1 Å². The highest BCUT2D eigenvalue weighted by atomic mass is 15.4. The predicted octanol–water partition coefficient (Wildman–Crippen LogP) is 5.72. The number of hydrogen-bond acceptors (Lipinski definition) is 2. The normalized spacial score (nSPS) is 33.9. The zero-order valence-corrected chi connectivity index (χ0v) is 17.5. The summed E-state index contributed by atoms with van der Waals surface area (Å²) in [6.45, 7) is 21.0. The van der Waals surface area contributed by atoms with Crippen molar-refractivity contribution in [1.29, 1.82) is 0 Å². The molecule has 0 bridgehead atoms. The maximum Gasteiger partial charge on any atom is 0.0983 e. The zero-order chi connectivity index (χ0) is 18.5. The summed E-state index contributed by atoms with van der Waals surface area (Å²) in [5, 5.41) is 0. The third kappa shape index (κ3) is 3.09. The minimum atomic E-state index is 0.450.